The lowest BCUT2D eigenvalue weighted by Gasteiger charge is -2.13. The first kappa shape index (κ1) is 15.0. The van der Waals surface area contributed by atoms with Gasteiger partial charge in [-0.3, -0.25) is 4.79 Å². The predicted octanol–water partition coefficient (Wildman–Crippen LogP) is 1.90. The van der Waals surface area contributed by atoms with E-state index in [2.05, 4.69) is 5.32 Å². The minimum absolute atomic E-state index is 0. The van der Waals surface area contributed by atoms with Gasteiger partial charge in [-0.25, -0.2) is 0 Å². The second-order valence-electron chi connectivity index (χ2n) is 4.24. The number of aromatic nitrogens is 1. The van der Waals surface area contributed by atoms with Gasteiger partial charge >= 0.3 is 6.18 Å². The molecule has 1 unspecified atom stereocenters. The lowest BCUT2D eigenvalue weighted by atomic mass is 10.1. The minimum atomic E-state index is -4.58. The van der Waals surface area contributed by atoms with Crippen LogP contribution in [0.25, 0.3) is 0 Å². The molecule has 102 valence electrons. The summed E-state index contributed by atoms with van der Waals surface area (Å²) in [5.74, 6) is 0.233. The highest BCUT2D eigenvalue weighted by molar-refractivity contribution is 5.85. The molecule has 2 heterocycles. The van der Waals surface area contributed by atoms with E-state index in [1.807, 2.05) is 0 Å². The molecule has 1 saturated heterocycles. The molecule has 0 bridgehead atoms. The van der Waals surface area contributed by atoms with E-state index < -0.39 is 17.3 Å². The van der Waals surface area contributed by atoms with Crippen LogP contribution in [0.1, 0.15) is 12.0 Å². The molecule has 1 atom stereocenters. The van der Waals surface area contributed by atoms with Crippen molar-refractivity contribution in [3.8, 4) is 0 Å². The van der Waals surface area contributed by atoms with Crippen LogP contribution < -0.4 is 10.9 Å². The van der Waals surface area contributed by atoms with E-state index in [0.717, 1.165) is 30.1 Å². The van der Waals surface area contributed by atoms with Gasteiger partial charge in [0.05, 0.1) is 0 Å². The van der Waals surface area contributed by atoms with E-state index in [0.29, 0.717) is 6.54 Å². The number of hydrogen-bond donors (Lipinski definition) is 1. The van der Waals surface area contributed by atoms with Crippen molar-refractivity contribution in [3.63, 3.8) is 0 Å². The molecule has 1 aliphatic rings. The summed E-state index contributed by atoms with van der Waals surface area (Å²) in [6.07, 6.45) is -2.27. The Kier molecular flexibility index (Phi) is 4.81. The first-order valence-electron chi connectivity index (χ1n) is 5.46. The van der Waals surface area contributed by atoms with Crippen LogP contribution in [0.3, 0.4) is 0 Å². The third-order valence-corrected chi connectivity index (χ3v) is 2.94. The lowest BCUT2D eigenvalue weighted by molar-refractivity contribution is -0.139. The number of hydrogen-bond acceptors (Lipinski definition) is 2. The Labute approximate surface area is 108 Å². The molecule has 0 aliphatic carbocycles. The van der Waals surface area contributed by atoms with Crippen molar-refractivity contribution in [3.05, 3.63) is 34.2 Å². The van der Waals surface area contributed by atoms with E-state index >= 15 is 0 Å². The SMILES string of the molecule is Cl.O=c1c(C(F)(F)F)cccn1CC1CCNC1. The molecule has 0 aromatic carbocycles. The zero-order valence-corrected chi connectivity index (χ0v) is 10.4. The fourth-order valence-electron chi connectivity index (χ4n) is 2.04. The summed E-state index contributed by atoms with van der Waals surface area (Å²) < 4.78 is 38.7. The summed E-state index contributed by atoms with van der Waals surface area (Å²) in [5, 5.41) is 3.12. The largest absolute Gasteiger partial charge is 0.421 e. The van der Waals surface area contributed by atoms with Crippen molar-refractivity contribution in [2.24, 2.45) is 5.92 Å². The van der Waals surface area contributed by atoms with Gasteiger partial charge in [0.2, 0.25) is 0 Å². The van der Waals surface area contributed by atoms with Crippen LogP contribution in [0.15, 0.2) is 23.1 Å². The Morgan fingerprint density at radius 3 is 2.72 bits per heavy atom. The van der Waals surface area contributed by atoms with Crippen LogP contribution in [0.2, 0.25) is 0 Å². The van der Waals surface area contributed by atoms with Crippen molar-refractivity contribution in [1.82, 2.24) is 9.88 Å². The second-order valence-corrected chi connectivity index (χ2v) is 4.24. The molecule has 1 N–H and O–H groups in total. The zero-order chi connectivity index (χ0) is 12.5. The van der Waals surface area contributed by atoms with Crippen molar-refractivity contribution in [1.29, 1.82) is 0 Å². The molecule has 3 nitrogen and oxygen atoms in total. The number of alkyl halides is 3. The fraction of sp³-hybridized carbons (Fsp3) is 0.545. The van der Waals surface area contributed by atoms with Crippen molar-refractivity contribution in [2.45, 2.75) is 19.1 Å². The van der Waals surface area contributed by atoms with Crippen LogP contribution in [0.4, 0.5) is 13.2 Å². The molecular formula is C11H14ClF3N2O. The number of nitrogens with one attached hydrogen (secondary N) is 1. The molecule has 2 rings (SSSR count). The topological polar surface area (TPSA) is 34.0 Å². The molecule has 1 aliphatic heterocycles. The van der Waals surface area contributed by atoms with Gasteiger partial charge in [-0.05, 0) is 37.6 Å². The lowest BCUT2D eigenvalue weighted by Crippen LogP contribution is -2.30. The normalized spacial score (nSPS) is 19.6. The first-order valence-corrected chi connectivity index (χ1v) is 5.46. The second kappa shape index (κ2) is 5.75. The minimum Gasteiger partial charge on any atom is -0.316 e. The highest BCUT2D eigenvalue weighted by atomic mass is 35.5. The van der Waals surface area contributed by atoms with Crippen molar-refractivity contribution >= 4 is 12.4 Å². The average Bonchev–Trinajstić information content (AvgIpc) is 2.72. The molecule has 7 heteroatoms. The third kappa shape index (κ3) is 3.26. The molecule has 0 radical (unpaired) electrons. The summed E-state index contributed by atoms with van der Waals surface area (Å²) in [6.45, 7) is 1.96. The van der Waals surface area contributed by atoms with Gasteiger partial charge in [-0.2, -0.15) is 13.2 Å². The summed E-state index contributed by atoms with van der Waals surface area (Å²) in [4.78, 5) is 11.6. The maximum Gasteiger partial charge on any atom is 0.421 e. The molecule has 1 fully saturated rings. The van der Waals surface area contributed by atoms with Gasteiger partial charge in [0.1, 0.15) is 5.56 Å². The van der Waals surface area contributed by atoms with Gasteiger partial charge in [0.15, 0.2) is 0 Å². The van der Waals surface area contributed by atoms with Crippen LogP contribution in [0.5, 0.6) is 0 Å². The van der Waals surface area contributed by atoms with E-state index in [-0.39, 0.29) is 18.3 Å². The number of rotatable bonds is 2. The van der Waals surface area contributed by atoms with Crippen LogP contribution in [-0.2, 0) is 12.7 Å². The van der Waals surface area contributed by atoms with Crippen LogP contribution >= 0.6 is 12.4 Å². The Balaban J connectivity index is 0.00000162. The zero-order valence-electron chi connectivity index (χ0n) is 9.54. The molecule has 0 spiro atoms. The first-order chi connectivity index (χ1) is 7.98. The Bertz CT molecular complexity index is 452. The van der Waals surface area contributed by atoms with Crippen LogP contribution in [-0.4, -0.2) is 17.7 Å². The highest BCUT2D eigenvalue weighted by Crippen LogP contribution is 2.26. The number of pyridine rings is 1. The predicted molar refractivity (Wildman–Crippen MR) is 63.9 cm³/mol. The van der Waals surface area contributed by atoms with Crippen molar-refractivity contribution < 1.29 is 13.2 Å². The molecule has 1 aromatic heterocycles. The van der Waals surface area contributed by atoms with Gasteiger partial charge in [0, 0.05) is 12.7 Å². The molecule has 18 heavy (non-hydrogen) atoms. The van der Waals surface area contributed by atoms with E-state index in [9.17, 15) is 18.0 Å². The Morgan fingerprint density at radius 1 is 1.44 bits per heavy atom. The maximum atomic E-state index is 12.5. The van der Waals surface area contributed by atoms with Crippen molar-refractivity contribution in [2.75, 3.05) is 13.1 Å². The highest BCUT2D eigenvalue weighted by Gasteiger charge is 2.34. The molecule has 0 amide bonds. The molecule has 0 saturated carbocycles. The summed E-state index contributed by atoms with van der Waals surface area (Å²) in [7, 11) is 0. The smallest absolute Gasteiger partial charge is 0.316 e. The molecular weight excluding hydrogens is 269 g/mol. The monoisotopic (exact) mass is 282 g/mol. The Morgan fingerprint density at radius 2 is 2.17 bits per heavy atom. The van der Waals surface area contributed by atoms with E-state index in [1.165, 1.54) is 12.3 Å². The van der Waals surface area contributed by atoms with E-state index in [1.54, 1.807) is 0 Å². The summed E-state index contributed by atoms with van der Waals surface area (Å²) >= 11 is 0. The quantitative estimate of drug-likeness (QED) is 0.899. The molecule has 1 aromatic rings. The fourth-order valence-corrected chi connectivity index (χ4v) is 2.04. The van der Waals surface area contributed by atoms with E-state index in [4.69, 9.17) is 0 Å². The number of nitrogens with zero attached hydrogens (tertiary/aromatic N) is 1. The average molecular weight is 283 g/mol. The number of halogens is 4. The Hall–Kier alpha value is -1.01. The van der Waals surface area contributed by atoms with Gasteiger partial charge in [-0.15, -0.1) is 12.4 Å². The summed E-state index contributed by atoms with van der Waals surface area (Å²) in [6, 6.07) is 2.10. The van der Waals surface area contributed by atoms with Gasteiger partial charge < -0.3 is 9.88 Å². The summed E-state index contributed by atoms with van der Waals surface area (Å²) in [5.41, 5.74) is -2.04. The maximum absolute atomic E-state index is 12.5. The standard InChI is InChI=1S/C11H13F3N2O.ClH/c12-11(13,14)9-2-1-5-16(10(9)17)7-8-3-4-15-6-8;/h1-2,5,8,15H,3-4,6-7H2;1H. The van der Waals surface area contributed by atoms with Gasteiger partial charge in [-0.1, -0.05) is 0 Å². The van der Waals surface area contributed by atoms with Crippen LogP contribution in [0, 0.1) is 5.92 Å². The third-order valence-electron chi connectivity index (χ3n) is 2.94. The van der Waals surface area contributed by atoms with Gasteiger partial charge in [0.25, 0.3) is 5.56 Å².